The molecule has 0 unspecified atom stereocenters. The topological polar surface area (TPSA) is 95.8 Å². The summed E-state index contributed by atoms with van der Waals surface area (Å²) in [5.74, 6) is 0.102. The number of hydrogen-bond donors (Lipinski definition) is 2. The highest BCUT2D eigenvalue weighted by Gasteiger charge is 2.27. The smallest absolute Gasteiger partial charge is 0.341 e. The first-order chi connectivity index (χ1) is 13.0. The van der Waals surface area contributed by atoms with Gasteiger partial charge in [-0.1, -0.05) is 12.8 Å². The third-order valence-electron chi connectivity index (χ3n) is 4.92. The highest BCUT2D eigenvalue weighted by molar-refractivity contribution is 5.68. The number of aromatic nitrogens is 2. The summed E-state index contributed by atoms with van der Waals surface area (Å²) in [4.78, 5) is 21.6. The average molecular weight is 371 g/mol. The van der Waals surface area contributed by atoms with Crippen LogP contribution in [0.1, 0.15) is 31.2 Å². The maximum atomic E-state index is 10.9. The molecule has 1 fully saturated rings. The number of aliphatic carboxylic acids is 1. The lowest BCUT2D eigenvalue weighted by atomic mass is 9.91. The van der Waals surface area contributed by atoms with Crippen LogP contribution in [0.15, 0.2) is 36.7 Å². The lowest BCUT2D eigenvalue weighted by Gasteiger charge is -2.35. The van der Waals surface area contributed by atoms with Crippen molar-refractivity contribution in [2.45, 2.75) is 44.4 Å². The SMILES string of the molecule is CN(Cc1cc(-c2ncccn2)ccc1OCC(=O)O)[C@@H]1CCCC[C@@H]1O. The second-order valence-electron chi connectivity index (χ2n) is 6.91. The predicted octanol–water partition coefficient (Wildman–Crippen LogP) is 2.34. The van der Waals surface area contributed by atoms with Gasteiger partial charge in [-0.3, -0.25) is 4.90 Å². The predicted molar refractivity (Wildman–Crippen MR) is 100 cm³/mol. The van der Waals surface area contributed by atoms with Gasteiger partial charge in [0.05, 0.1) is 6.10 Å². The van der Waals surface area contributed by atoms with Crippen LogP contribution in [0, 0.1) is 0 Å². The fourth-order valence-corrected chi connectivity index (χ4v) is 3.56. The van der Waals surface area contributed by atoms with Gasteiger partial charge in [0.1, 0.15) is 5.75 Å². The summed E-state index contributed by atoms with van der Waals surface area (Å²) < 4.78 is 5.47. The zero-order valence-corrected chi connectivity index (χ0v) is 15.4. The number of carboxylic acid groups (broad SMARTS) is 1. The van der Waals surface area contributed by atoms with Crippen LogP contribution in [-0.4, -0.2) is 56.9 Å². The van der Waals surface area contributed by atoms with Crippen molar-refractivity contribution in [1.29, 1.82) is 0 Å². The van der Waals surface area contributed by atoms with Gasteiger partial charge in [-0.15, -0.1) is 0 Å². The summed E-state index contributed by atoms with van der Waals surface area (Å²) >= 11 is 0. The first kappa shape index (κ1) is 19.3. The number of rotatable bonds is 7. The largest absolute Gasteiger partial charge is 0.482 e. The molecule has 0 spiro atoms. The summed E-state index contributed by atoms with van der Waals surface area (Å²) in [6, 6.07) is 7.36. The van der Waals surface area contributed by atoms with Crippen LogP contribution in [0.2, 0.25) is 0 Å². The van der Waals surface area contributed by atoms with E-state index in [1.54, 1.807) is 24.5 Å². The van der Waals surface area contributed by atoms with Gasteiger partial charge in [0.25, 0.3) is 0 Å². The van der Waals surface area contributed by atoms with Gasteiger partial charge in [-0.05, 0) is 44.2 Å². The van der Waals surface area contributed by atoms with E-state index < -0.39 is 12.6 Å². The average Bonchev–Trinajstić information content (AvgIpc) is 2.68. The first-order valence-corrected chi connectivity index (χ1v) is 9.18. The second-order valence-corrected chi connectivity index (χ2v) is 6.91. The van der Waals surface area contributed by atoms with E-state index in [1.165, 1.54) is 0 Å². The zero-order chi connectivity index (χ0) is 19.2. The van der Waals surface area contributed by atoms with Crippen molar-refractivity contribution in [2.75, 3.05) is 13.7 Å². The maximum Gasteiger partial charge on any atom is 0.341 e. The Kier molecular flexibility index (Phi) is 6.36. The summed E-state index contributed by atoms with van der Waals surface area (Å²) in [5, 5.41) is 19.3. The number of ether oxygens (including phenoxy) is 1. The number of benzene rings is 1. The minimum atomic E-state index is -1.02. The summed E-state index contributed by atoms with van der Waals surface area (Å²) in [6.45, 7) is 0.140. The molecule has 0 saturated heterocycles. The van der Waals surface area contributed by atoms with Gasteiger partial charge in [0.15, 0.2) is 12.4 Å². The molecule has 1 aromatic heterocycles. The fraction of sp³-hybridized carbons (Fsp3) is 0.450. The Labute approximate surface area is 158 Å². The van der Waals surface area contributed by atoms with Gasteiger partial charge in [0.2, 0.25) is 0 Å². The minimum Gasteiger partial charge on any atom is -0.482 e. The summed E-state index contributed by atoms with van der Waals surface area (Å²) in [5.41, 5.74) is 1.69. The van der Waals surface area contributed by atoms with Crippen molar-refractivity contribution < 1.29 is 19.7 Å². The lowest BCUT2D eigenvalue weighted by molar-refractivity contribution is -0.139. The molecule has 0 amide bonds. The molecule has 7 heteroatoms. The molecule has 1 aliphatic carbocycles. The van der Waals surface area contributed by atoms with E-state index in [0.29, 0.717) is 18.1 Å². The Hall–Kier alpha value is -2.51. The molecule has 1 saturated carbocycles. The van der Waals surface area contributed by atoms with Crippen molar-refractivity contribution in [3.8, 4) is 17.1 Å². The monoisotopic (exact) mass is 371 g/mol. The first-order valence-electron chi connectivity index (χ1n) is 9.18. The van der Waals surface area contributed by atoms with Crippen LogP contribution in [0.25, 0.3) is 11.4 Å². The molecule has 2 N–H and O–H groups in total. The quantitative estimate of drug-likeness (QED) is 0.771. The molecule has 1 aromatic carbocycles. The number of aliphatic hydroxyl groups is 1. The molecule has 0 radical (unpaired) electrons. The molecule has 2 atom stereocenters. The Balaban J connectivity index is 1.85. The third kappa shape index (κ3) is 5.02. The third-order valence-corrected chi connectivity index (χ3v) is 4.92. The van der Waals surface area contributed by atoms with Crippen molar-refractivity contribution in [1.82, 2.24) is 14.9 Å². The second kappa shape index (κ2) is 8.92. The van der Waals surface area contributed by atoms with Crippen molar-refractivity contribution >= 4 is 5.97 Å². The molecular weight excluding hydrogens is 346 g/mol. The highest BCUT2D eigenvalue weighted by atomic mass is 16.5. The van der Waals surface area contributed by atoms with E-state index in [-0.39, 0.29) is 12.1 Å². The Morgan fingerprint density at radius 1 is 1.26 bits per heavy atom. The molecule has 2 aromatic rings. The van der Waals surface area contributed by atoms with Gasteiger partial charge < -0.3 is 14.9 Å². The van der Waals surface area contributed by atoms with Gasteiger partial charge in [0, 0.05) is 36.1 Å². The molecule has 1 heterocycles. The number of hydrogen-bond acceptors (Lipinski definition) is 6. The molecule has 144 valence electrons. The fourth-order valence-electron chi connectivity index (χ4n) is 3.56. The number of likely N-dealkylation sites (N-methyl/N-ethyl adjacent to an activating group) is 1. The molecule has 3 rings (SSSR count). The zero-order valence-electron chi connectivity index (χ0n) is 15.4. The standard InChI is InChI=1S/C20H25N3O4/c1-23(16-5-2-3-6-17(16)24)12-15-11-14(20-21-9-4-10-22-20)7-8-18(15)27-13-19(25)26/h4,7-11,16-17,24H,2-3,5-6,12-13H2,1H3,(H,25,26)/t16-,17+/m1/s1. The molecule has 27 heavy (non-hydrogen) atoms. The van der Waals surface area contributed by atoms with Crippen LogP contribution in [0.3, 0.4) is 0 Å². The van der Waals surface area contributed by atoms with E-state index in [4.69, 9.17) is 9.84 Å². The van der Waals surface area contributed by atoms with Gasteiger partial charge in [-0.25, -0.2) is 14.8 Å². The normalized spacial score (nSPS) is 19.8. The molecule has 1 aliphatic rings. The van der Waals surface area contributed by atoms with Crippen molar-refractivity contribution in [3.63, 3.8) is 0 Å². The van der Waals surface area contributed by atoms with E-state index in [2.05, 4.69) is 14.9 Å². The van der Waals surface area contributed by atoms with E-state index >= 15 is 0 Å². The Bertz CT molecular complexity index is 769. The Morgan fingerprint density at radius 2 is 2.00 bits per heavy atom. The van der Waals surface area contributed by atoms with Crippen molar-refractivity contribution in [3.05, 3.63) is 42.2 Å². The molecule has 0 aliphatic heterocycles. The minimum absolute atomic E-state index is 0.0858. The van der Waals surface area contributed by atoms with Crippen LogP contribution in [0.5, 0.6) is 5.75 Å². The Morgan fingerprint density at radius 3 is 2.70 bits per heavy atom. The van der Waals surface area contributed by atoms with E-state index in [1.807, 2.05) is 19.2 Å². The van der Waals surface area contributed by atoms with E-state index in [0.717, 1.165) is 36.8 Å². The van der Waals surface area contributed by atoms with E-state index in [9.17, 15) is 9.90 Å². The molecule has 0 bridgehead atoms. The number of aliphatic hydroxyl groups excluding tert-OH is 1. The van der Waals surface area contributed by atoms with Crippen LogP contribution >= 0.6 is 0 Å². The summed E-state index contributed by atoms with van der Waals surface area (Å²) in [6.07, 6.45) is 6.95. The lowest BCUT2D eigenvalue weighted by Crippen LogP contribution is -2.42. The molecule has 7 nitrogen and oxygen atoms in total. The van der Waals surface area contributed by atoms with Crippen LogP contribution < -0.4 is 4.74 Å². The van der Waals surface area contributed by atoms with Gasteiger partial charge in [-0.2, -0.15) is 0 Å². The van der Waals surface area contributed by atoms with Crippen LogP contribution in [-0.2, 0) is 11.3 Å². The van der Waals surface area contributed by atoms with Crippen molar-refractivity contribution in [2.24, 2.45) is 0 Å². The maximum absolute atomic E-state index is 10.9. The number of carboxylic acids is 1. The van der Waals surface area contributed by atoms with Gasteiger partial charge >= 0.3 is 5.97 Å². The van der Waals surface area contributed by atoms with Crippen LogP contribution in [0.4, 0.5) is 0 Å². The number of carbonyl (C=O) groups is 1. The summed E-state index contributed by atoms with van der Waals surface area (Å²) in [7, 11) is 1.98. The highest BCUT2D eigenvalue weighted by Crippen LogP contribution is 2.29. The number of nitrogens with zero attached hydrogens (tertiary/aromatic N) is 3. The molecular formula is C20H25N3O4.